The van der Waals surface area contributed by atoms with Crippen LogP contribution in [0.3, 0.4) is 0 Å². The summed E-state index contributed by atoms with van der Waals surface area (Å²) in [5, 5.41) is 10.5. The lowest BCUT2D eigenvalue weighted by molar-refractivity contribution is -0.120. The number of nitrogen functional groups attached to an aromatic ring is 1. The van der Waals surface area contributed by atoms with Crippen molar-refractivity contribution in [2.24, 2.45) is 11.7 Å². The molecule has 1 saturated carbocycles. The third-order valence-electron chi connectivity index (χ3n) is 3.95. The summed E-state index contributed by atoms with van der Waals surface area (Å²) in [6.07, 6.45) is 3.71. The number of nitrogens with one attached hydrogen (secondary N) is 2. The first-order chi connectivity index (χ1) is 9.63. The summed E-state index contributed by atoms with van der Waals surface area (Å²) in [6.45, 7) is 0. The van der Waals surface area contributed by atoms with Gasteiger partial charge in [-0.1, -0.05) is 6.42 Å². The summed E-state index contributed by atoms with van der Waals surface area (Å²) in [7, 11) is 0. The van der Waals surface area contributed by atoms with Gasteiger partial charge < -0.3 is 16.8 Å². The number of aromatic nitrogens is 2. The van der Waals surface area contributed by atoms with E-state index in [0.717, 1.165) is 42.3 Å². The molecule has 1 fully saturated rings. The zero-order chi connectivity index (χ0) is 14.1. The summed E-state index contributed by atoms with van der Waals surface area (Å²) in [4.78, 5) is 12.3. The predicted molar refractivity (Wildman–Crippen MR) is 79.1 cm³/mol. The highest BCUT2D eigenvalue weighted by Gasteiger charge is 2.25. The Morgan fingerprint density at radius 3 is 3.05 bits per heavy atom. The second kappa shape index (κ2) is 5.13. The minimum absolute atomic E-state index is 0.0103. The zero-order valence-corrected chi connectivity index (χ0v) is 11.2. The van der Waals surface area contributed by atoms with Crippen molar-refractivity contribution in [2.75, 3.05) is 11.1 Å². The van der Waals surface area contributed by atoms with Crippen LogP contribution >= 0.6 is 0 Å². The minimum Gasteiger partial charge on any atom is -0.382 e. The Bertz CT molecular complexity index is 636. The highest BCUT2D eigenvalue weighted by atomic mass is 16.1. The number of rotatable bonds is 2. The van der Waals surface area contributed by atoms with Crippen LogP contribution < -0.4 is 16.8 Å². The number of nitrogens with two attached hydrogens (primary N) is 2. The average Bonchev–Trinajstić information content (AvgIpc) is 2.80. The number of carbonyl (C=O) groups excluding carboxylic acids is 1. The van der Waals surface area contributed by atoms with Crippen molar-refractivity contribution in [2.45, 2.75) is 31.7 Å². The lowest BCUT2D eigenvalue weighted by atomic mass is 9.85. The van der Waals surface area contributed by atoms with Crippen LogP contribution in [0.15, 0.2) is 18.2 Å². The molecular formula is C14H19N5O. The first-order valence-corrected chi connectivity index (χ1v) is 6.93. The molecule has 0 aliphatic heterocycles. The van der Waals surface area contributed by atoms with E-state index in [4.69, 9.17) is 11.5 Å². The van der Waals surface area contributed by atoms with Crippen LogP contribution in [-0.2, 0) is 4.79 Å². The van der Waals surface area contributed by atoms with E-state index in [2.05, 4.69) is 15.5 Å². The van der Waals surface area contributed by atoms with E-state index in [1.807, 2.05) is 18.2 Å². The van der Waals surface area contributed by atoms with Gasteiger partial charge in [0.1, 0.15) is 0 Å². The first kappa shape index (κ1) is 12.9. The van der Waals surface area contributed by atoms with Gasteiger partial charge in [0.05, 0.1) is 5.52 Å². The molecule has 20 heavy (non-hydrogen) atoms. The molecule has 3 rings (SSSR count). The number of carbonyl (C=O) groups is 1. The van der Waals surface area contributed by atoms with E-state index in [0.29, 0.717) is 5.82 Å². The molecule has 1 amide bonds. The van der Waals surface area contributed by atoms with Gasteiger partial charge in [-0.2, -0.15) is 5.10 Å². The summed E-state index contributed by atoms with van der Waals surface area (Å²) in [5.74, 6) is 0.494. The van der Waals surface area contributed by atoms with Gasteiger partial charge in [0.2, 0.25) is 5.91 Å². The smallest absolute Gasteiger partial charge is 0.227 e. The maximum absolute atomic E-state index is 12.3. The number of fused-ring (bicyclic) bond motifs is 1. The largest absolute Gasteiger partial charge is 0.382 e. The van der Waals surface area contributed by atoms with Crippen LogP contribution in [0.1, 0.15) is 25.7 Å². The Hall–Kier alpha value is -2.08. The molecule has 0 saturated heterocycles. The van der Waals surface area contributed by atoms with Crippen molar-refractivity contribution in [3.8, 4) is 0 Å². The van der Waals surface area contributed by atoms with E-state index < -0.39 is 0 Å². The molecule has 6 nitrogen and oxygen atoms in total. The second-order valence-electron chi connectivity index (χ2n) is 5.48. The molecule has 2 atom stereocenters. The Kier molecular flexibility index (Phi) is 3.31. The van der Waals surface area contributed by atoms with Gasteiger partial charge in [-0.3, -0.25) is 9.89 Å². The lowest BCUT2D eigenvalue weighted by Crippen LogP contribution is -2.34. The summed E-state index contributed by atoms with van der Waals surface area (Å²) in [5.41, 5.74) is 13.3. The maximum atomic E-state index is 12.3. The maximum Gasteiger partial charge on any atom is 0.227 e. The Morgan fingerprint density at radius 1 is 1.40 bits per heavy atom. The second-order valence-corrected chi connectivity index (χ2v) is 5.48. The van der Waals surface area contributed by atoms with E-state index in [-0.39, 0.29) is 17.9 Å². The lowest BCUT2D eigenvalue weighted by Gasteiger charge is -2.25. The van der Waals surface area contributed by atoms with Crippen LogP contribution in [0, 0.1) is 5.92 Å². The monoisotopic (exact) mass is 273 g/mol. The molecule has 0 bridgehead atoms. The van der Waals surface area contributed by atoms with Crippen molar-refractivity contribution in [3.05, 3.63) is 18.2 Å². The van der Waals surface area contributed by atoms with Crippen molar-refractivity contribution in [1.29, 1.82) is 0 Å². The molecule has 1 aromatic heterocycles. The highest BCUT2D eigenvalue weighted by molar-refractivity contribution is 5.97. The van der Waals surface area contributed by atoms with E-state index in [1.54, 1.807) is 0 Å². The number of aromatic amines is 1. The van der Waals surface area contributed by atoms with Gasteiger partial charge in [-0.05, 0) is 37.5 Å². The molecule has 0 unspecified atom stereocenters. The zero-order valence-electron chi connectivity index (χ0n) is 11.2. The SMILES string of the molecule is Nc1n[nH]c2ccc(NC(=O)[C@H]3CCC[C@@H](N)C3)cc12. The van der Waals surface area contributed by atoms with Gasteiger partial charge in [-0.15, -0.1) is 0 Å². The van der Waals surface area contributed by atoms with Crippen molar-refractivity contribution in [1.82, 2.24) is 10.2 Å². The molecule has 106 valence electrons. The Labute approximate surface area is 116 Å². The Morgan fingerprint density at radius 2 is 2.25 bits per heavy atom. The topological polar surface area (TPSA) is 110 Å². The molecule has 1 aliphatic rings. The molecule has 2 aromatic rings. The van der Waals surface area contributed by atoms with Crippen molar-refractivity contribution < 1.29 is 4.79 Å². The third-order valence-corrected chi connectivity index (χ3v) is 3.95. The molecular weight excluding hydrogens is 254 g/mol. The molecule has 0 radical (unpaired) electrons. The average molecular weight is 273 g/mol. The number of hydrogen-bond donors (Lipinski definition) is 4. The quantitative estimate of drug-likeness (QED) is 0.666. The van der Waals surface area contributed by atoms with Gasteiger partial charge >= 0.3 is 0 Å². The molecule has 0 spiro atoms. The number of anilines is 2. The van der Waals surface area contributed by atoms with E-state index in [9.17, 15) is 4.79 Å². The van der Waals surface area contributed by atoms with Gasteiger partial charge in [0.25, 0.3) is 0 Å². The molecule has 1 heterocycles. The number of nitrogens with zero attached hydrogens (tertiary/aromatic N) is 1. The number of H-pyrrole nitrogens is 1. The molecule has 1 aromatic carbocycles. The Balaban J connectivity index is 1.75. The van der Waals surface area contributed by atoms with Crippen LogP contribution in [-0.4, -0.2) is 22.1 Å². The molecule has 1 aliphatic carbocycles. The van der Waals surface area contributed by atoms with Gasteiger partial charge in [-0.25, -0.2) is 0 Å². The standard InChI is InChI=1S/C14H19N5O/c15-9-3-1-2-8(6-9)14(20)17-10-4-5-12-11(7-10)13(16)19-18-12/h4-5,7-9H,1-3,6,15H2,(H,17,20)(H3,16,18,19)/t8-,9+/m0/s1. The summed E-state index contributed by atoms with van der Waals surface area (Å²) in [6, 6.07) is 5.70. The van der Waals surface area contributed by atoms with Gasteiger partial charge in [0, 0.05) is 23.0 Å². The van der Waals surface area contributed by atoms with Crippen LogP contribution in [0.5, 0.6) is 0 Å². The van der Waals surface area contributed by atoms with E-state index in [1.165, 1.54) is 0 Å². The molecule has 6 heteroatoms. The van der Waals surface area contributed by atoms with E-state index >= 15 is 0 Å². The van der Waals surface area contributed by atoms with Crippen molar-refractivity contribution >= 4 is 28.3 Å². The fourth-order valence-corrected chi connectivity index (χ4v) is 2.82. The number of benzene rings is 1. The summed E-state index contributed by atoms with van der Waals surface area (Å²) >= 11 is 0. The normalized spacial score (nSPS) is 22.9. The molecule has 6 N–H and O–H groups in total. The fourth-order valence-electron chi connectivity index (χ4n) is 2.82. The number of hydrogen-bond acceptors (Lipinski definition) is 4. The van der Waals surface area contributed by atoms with Gasteiger partial charge in [0.15, 0.2) is 5.82 Å². The third kappa shape index (κ3) is 2.46. The number of amides is 1. The highest BCUT2D eigenvalue weighted by Crippen LogP contribution is 2.26. The summed E-state index contributed by atoms with van der Waals surface area (Å²) < 4.78 is 0. The van der Waals surface area contributed by atoms with Crippen LogP contribution in [0.4, 0.5) is 11.5 Å². The van der Waals surface area contributed by atoms with Crippen LogP contribution in [0.2, 0.25) is 0 Å². The van der Waals surface area contributed by atoms with Crippen molar-refractivity contribution in [3.63, 3.8) is 0 Å². The predicted octanol–water partition coefficient (Wildman–Crippen LogP) is 1.60. The first-order valence-electron chi connectivity index (χ1n) is 6.93. The minimum atomic E-state index is 0.0103. The fraction of sp³-hybridized carbons (Fsp3) is 0.429. The van der Waals surface area contributed by atoms with Crippen LogP contribution in [0.25, 0.3) is 10.9 Å².